The van der Waals surface area contributed by atoms with Crippen LogP contribution >= 0.6 is 0 Å². The summed E-state index contributed by atoms with van der Waals surface area (Å²) in [5.41, 5.74) is 6.46. The number of nitrogens with one attached hydrogen (secondary N) is 3. The second kappa shape index (κ2) is 4.55. The zero-order chi connectivity index (χ0) is 10.7. The first-order chi connectivity index (χ1) is 7.27. The monoisotopic (exact) mass is 207 g/mol. The first-order valence-electron chi connectivity index (χ1n) is 5.28. The second-order valence-electron chi connectivity index (χ2n) is 4.00. The standard InChI is InChI=1S/C10H17N5/c1-7-9(8(2)15-14-7)5-13-10-6-11-3-4-12-10/h3-4,6-9,14-15H,5H2,1-2H3,(H,12,13). The van der Waals surface area contributed by atoms with E-state index in [-0.39, 0.29) is 0 Å². The van der Waals surface area contributed by atoms with Crippen molar-refractivity contribution in [1.29, 1.82) is 0 Å². The number of hydrazine groups is 1. The molecular weight excluding hydrogens is 190 g/mol. The van der Waals surface area contributed by atoms with Gasteiger partial charge in [-0.15, -0.1) is 0 Å². The Balaban J connectivity index is 1.88. The van der Waals surface area contributed by atoms with Gasteiger partial charge in [0.2, 0.25) is 0 Å². The maximum Gasteiger partial charge on any atom is 0.144 e. The molecule has 2 heterocycles. The molecule has 2 atom stereocenters. The van der Waals surface area contributed by atoms with Crippen LogP contribution in [0.25, 0.3) is 0 Å². The van der Waals surface area contributed by atoms with Crippen molar-refractivity contribution in [3.05, 3.63) is 18.6 Å². The summed E-state index contributed by atoms with van der Waals surface area (Å²) < 4.78 is 0. The van der Waals surface area contributed by atoms with Gasteiger partial charge in [0.05, 0.1) is 6.20 Å². The highest BCUT2D eigenvalue weighted by molar-refractivity contribution is 5.30. The molecule has 0 spiro atoms. The Morgan fingerprint density at radius 2 is 2.00 bits per heavy atom. The summed E-state index contributed by atoms with van der Waals surface area (Å²) in [4.78, 5) is 8.19. The van der Waals surface area contributed by atoms with Crippen LogP contribution in [0, 0.1) is 5.92 Å². The molecule has 0 saturated carbocycles. The third-order valence-corrected chi connectivity index (χ3v) is 2.91. The summed E-state index contributed by atoms with van der Waals surface area (Å²) in [6.07, 6.45) is 5.11. The predicted octanol–water partition coefficient (Wildman–Crippen LogP) is 0.389. The fourth-order valence-corrected chi connectivity index (χ4v) is 1.88. The molecule has 1 fully saturated rings. The van der Waals surface area contributed by atoms with E-state index in [4.69, 9.17) is 0 Å². The van der Waals surface area contributed by atoms with Crippen LogP contribution in [-0.2, 0) is 0 Å². The van der Waals surface area contributed by atoms with E-state index in [1.807, 2.05) is 0 Å². The van der Waals surface area contributed by atoms with Crippen molar-refractivity contribution in [3.63, 3.8) is 0 Å². The Hall–Kier alpha value is -1.20. The lowest BCUT2D eigenvalue weighted by Gasteiger charge is -2.18. The molecule has 3 N–H and O–H groups in total. The zero-order valence-electron chi connectivity index (χ0n) is 9.07. The number of nitrogens with zero attached hydrogens (tertiary/aromatic N) is 2. The molecule has 15 heavy (non-hydrogen) atoms. The molecule has 0 aliphatic carbocycles. The van der Waals surface area contributed by atoms with Crippen LogP contribution in [0.2, 0.25) is 0 Å². The Bertz CT molecular complexity index is 292. The predicted molar refractivity (Wildman–Crippen MR) is 59.2 cm³/mol. The molecule has 1 saturated heterocycles. The average Bonchev–Trinajstić information content (AvgIpc) is 2.58. The van der Waals surface area contributed by atoms with Gasteiger partial charge in [0, 0.05) is 36.9 Å². The molecule has 1 aromatic heterocycles. The minimum atomic E-state index is 0.476. The van der Waals surface area contributed by atoms with Gasteiger partial charge in [-0.1, -0.05) is 0 Å². The van der Waals surface area contributed by atoms with Gasteiger partial charge >= 0.3 is 0 Å². The minimum absolute atomic E-state index is 0.476. The van der Waals surface area contributed by atoms with Crippen LogP contribution < -0.4 is 16.2 Å². The fraction of sp³-hybridized carbons (Fsp3) is 0.600. The van der Waals surface area contributed by atoms with Crippen LogP contribution in [0.5, 0.6) is 0 Å². The summed E-state index contributed by atoms with van der Waals surface area (Å²) in [5, 5.41) is 3.29. The number of hydrogen-bond acceptors (Lipinski definition) is 5. The van der Waals surface area contributed by atoms with Crippen LogP contribution in [-0.4, -0.2) is 28.6 Å². The number of rotatable bonds is 3. The quantitative estimate of drug-likeness (QED) is 0.669. The molecule has 0 bridgehead atoms. The van der Waals surface area contributed by atoms with E-state index in [2.05, 4.69) is 40.0 Å². The first-order valence-corrected chi connectivity index (χ1v) is 5.28. The maximum absolute atomic E-state index is 4.18. The molecule has 1 aliphatic heterocycles. The van der Waals surface area contributed by atoms with Crippen LogP contribution in [0.15, 0.2) is 18.6 Å². The molecule has 1 aliphatic rings. The Kier molecular flexibility index (Phi) is 3.13. The molecule has 2 rings (SSSR count). The summed E-state index contributed by atoms with van der Waals surface area (Å²) in [7, 11) is 0. The lowest BCUT2D eigenvalue weighted by Crippen LogP contribution is -2.30. The van der Waals surface area contributed by atoms with Crippen LogP contribution in [0.3, 0.4) is 0 Å². The fourth-order valence-electron chi connectivity index (χ4n) is 1.88. The van der Waals surface area contributed by atoms with Gasteiger partial charge in [-0.2, -0.15) is 0 Å². The van der Waals surface area contributed by atoms with E-state index in [1.54, 1.807) is 18.6 Å². The van der Waals surface area contributed by atoms with E-state index < -0.39 is 0 Å². The van der Waals surface area contributed by atoms with E-state index in [0.717, 1.165) is 12.4 Å². The minimum Gasteiger partial charge on any atom is -0.368 e. The van der Waals surface area contributed by atoms with Gasteiger partial charge in [0.15, 0.2) is 0 Å². The van der Waals surface area contributed by atoms with Crippen LogP contribution in [0.1, 0.15) is 13.8 Å². The number of anilines is 1. The topological polar surface area (TPSA) is 61.9 Å². The van der Waals surface area contributed by atoms with Crippen molar-refractivity contribution in [2.45, 2.75) is 25.9 Å². The van der Waals surface area contributed by atoms with E-state index in [0.29, 0.717) is 18.0 Å². The molecule has 2 unspecified atom stereocenters. The molecule has 1 aromatic rings. The van der Waals surface area contributed by atoms with Crippen molar-refractivity contribution in [2.24, 2.45) is 5.92 Å². The Labute approximate surface area is 89.7 Å². The third-order valence-electron chi connectivity index (χ3n) is 2.91. The molecule has 0 radical (unpaired) electrons. The summed E-state index contributed by atoms with van der Waals surface area (Å²) in [5.74, 6) is 1.40. The van der Waals surface area contributed by atoms with E-state index >= 15 is 0 Å². The Morgan fingerprint density at radius 3 is 2.60 bits per heavy atom. The summed E-state index contributed by atoms with van der Waals surface area (Å²) in [6.45, 7) is 5.26. The lowest BCUT2D eigenvalue weighted by molar-refractivity contribution is 0.466. The van der Waals surface area contributed by atoms with Crippen molar-refractivity contribution < 1.29 is 0 Å². The SMILES string of the molecule is CC1NNC(C)C1CNc1cnccn1. The maximum atomic E-state index is 4.18. The van der Waals surface area contributed by atoms with E-state index in [1.165, 1.54) is 0 Å². The number of hydrogen-bond donors (Lipinski definition) is 3. The van der Waals surface area contributed by atoms with Crippen molar-refractivity contribution in [3.8, 4) is 0 Å². The van der Waals surface area contributed by atoms with Crippen molar-refractivity contribution >= 4 is 5.82 Å². The zero-order valence-corrected chi connectivity index (χ0v) is 9.07. The summed E-state index contributed by atoms with van der Waals surface area (Å²) >= 11 is 0. The lowest BCUT2D eigenvalue weighted by atomic mass is 9.97. The normalized spacial score (nSPS) is 30.4. The molecule has 0 aromatic carbocycles. The van der Waals surface area contributed by atoms with Crippen LogP contribution in [0.4, 0.5) is 5.82 Å². The highest BCUT2D eigenvalue weighted by Crippen LogP contribution is 2.14. The van der Waals surface area contributed by atoms with Gasteiger partial charge in [-0.05, 0) is 13.8 Å². The van der Waals surface area contributed by atoms with Crippen molar-refractivity contribution in [1.82, 2.24) is 20.8 Å². The Morgan fingerprint density at radius 1 is 1.27 bits per heavy atom. The van der Waals surface area contributed by atoms with Gasteiger partial charge in [-0.25, -0.2) is 4.98 Å². The smallest absolute Gasteiger partial charge is 0.144 e. The first kappa shape index (κ1) is 10.3. The molecule has 5 nitrogen and oxygen atoms in total. The van der Waals surface area contributed by atoms with E-state index in [9.17, 15) is 0 Å². The van der Waals surface area contributed by atoms with Gasteiger partial charge in [-0.3, -0.25) is 15.8 Å². The second-order valence-corrected chi connectivity index (χ2v) is 4.00. The number of aromatic nitrogens is 2. The molecular formula is C10H17N5. The molecule has 82 valence electrons. The van der Waals surface area contributed by atoms with Crippen molar-refractivity contribution in [2.75, 3.05) is 11.9 Å². The average molecular weight is 207 g/mol. The highest BCUT2D eigenvalue weighted by Gasteiger charge is 2.29. The van der Waals surface area contributed by atoms with Gasteiger partial charge in [0.25, 0.3) is 0 Å². The largest absolute Gasteiger partial charge is 0.368 e. The highest BCUT2D eigenvalue weighted by atomic mass is 15.4. The summed E-state index contributed by atoms with van der Waals surface area (Å²) in [6, 6.07) is 0.952. The molecule has 5 heteroatoms. The van der Waals surface area contributed by atoms with Gasteiger partial charge < -0.3 is 5.32 Å². The molecule has 0 amide bonds. The van der Waals surface area contributed by atoms with Gasteiger partial charge in [0.1, 0.15) is 5.82 Å². The third kappa shape index (κ3) is 2.43.